The Balaban J connectivity index is 1.58. The molecule has 174 valence electrons. The summed E-state index contributed by atoms with van der Waals surface area (Å²) in [4.78, 5) is 30.2. The van der Waals surface area contributed by atoms with E-state index < -0.39 is 12.2 Å². The maximum atomic E-state index is 13.8. The van der Waals surface area contributed by atoms with Crippen molar-refractivity contribution in [3.8, 4) is 0 Å². The molecule has 3 aromatic rings. The first-order valence-electron chi connectivity index (χ1n) is 11.5. The Kier molecular flexibility index (Phi) is 5.95. The molecule has 1 aliphatic carbocycles. The average Bonchev–Trinajstić information content (AvgIpc) is 3.34. The van der Waals surface area contributed by atoms with E-state index in [0.717, 1.165) is 40.8 Å². The first-order valence-corrected chi connectivity index (χ1v) is 12.7. The number of carbonyl (C=O) groups excluding carboxylic acids is 2. The highest BCUT2D eigenvalue weighted by atomic mass is 35.5. The van der Waals surface area contributed by atoms with Gasteiger partial charge in [0, 0.05) is 28.0 Å². The summed E-state index contributed by atoms with van der Waals surface area (Å²) in [5, 5.41) is 3.81. The maximum absolute atomic E-state index is 13.8. The molecule has 0 spiro atoms. The number of anilines is 1. The number of fused-ring (bicyclic) bond motifs is 3. The van der Waals surface area contributed by atoms with Crippen molar-refractivity contribution in [2.45, 2.75) is 63.6 Å². The Morgan fingerprint density at radius 2 is 1.94 bits per heavy atom. The minimum absolute atomic E-state index is 0.133. The summed E-state index contributed by atoms with van der Waals surface area (Å²) in [6, 6.07) is 11.0. The number of nitrogens with zero attached hydrogens (tertiary/aromatic N) is 2. The molecule has 1 aliphatic heterocycles. The Morgan fingerprint density at radius 1 is 1.21 bits per heavy atom. The van der Waals surface area contributed by atoms with E-state index in [4.69, 9.17) is 11.6 Å². The molecule has 0 radical (unpaired) electrons. The Morgan fingerprint density at radius 3 is 2.64 bits per heavy atom. The minimum atomic E-state index is -1.12. The maximum Gasteiger partial charge on any atom is 0.275 e. The van der Waals surface area contributed by atoms with Gasteiger partial charge in [0.05, 0.1) is 23.4 Å². The predicted molar refractivity (Wildman–Crippen MR) is 131 cm³/mol. The first kappa shape index (κ1) is 22.4. The molecule has 33 heavy (non-hydrogen) atoms. The Hall–Kier alpha value is -2.38. The number of rotatable bonds is 5. The van der Waals surface area contributed by atoms with Crippen LogP contribution in [-0.2, 0) is 17.8 Å². The van der Waals surface area contributed by atoms with Crippen molar-refractivity contribution in [1.82, 2.24) is 9.88 Å². The van der Waals surface area contributed by atoms with E-state index in [9.17, 15) is 14.0 Å². The molecule has 0 saturated heterocycles. The summed E-state index contributed by atoms with van der Waals surface area (Å²) in [5.41, 5.74) is 0.948. The molecule has 1 saturated carbocycles. The number of alkyl halides is 1. The van der Waals surface area contributed by atoms with Gasteiger partial charge in [0.15, 0.2) is 0 Å². The highest BCUT2D eigenvalue weighted by molar-refractivity contribution is 7.19. The molecule has 1 atom stereocenters. The number of benzene rings is 1. The summed E-state index contributed by atoms with van der Waals surface area (Å²) >= 11 is 7.60. The van der Waals surface area contributed by atoms with Crippen molar-refractivity contribution in [2.24, 2.45) is 0 Å². The second-order valence-corrected chi connectivity index (χ2v) is 10.8. The van der Waals surface area contributed by atoms with Gasteiger partial charge in [0.25, 0.3) is 5.91 Å². The molecular weight excluding hydrogens is 461 g/mol. The normalized spacial score (nSPS) is 21.4. The van der Waals surface area contributed by atoms with Crippen molar-refractivity contribution in [1.29, 1.82) is 0 Å². The molecule has 2 aliphatic rings. The summed E-state index contributed by atoms with van der Waals surface area (Å²) in [6.45, 7) is 1.74. The molecule has 0 bridgehead atoms. The van der Waals surface area contributed by atoms with Crippen LogP contribution in [0.4, 0.5) is 10.1 Å². The van der Waals surface area contributed by atoms with Crippen LogP contribution < -0.4 is 10.2 Å². The SMILES string of the molecule is CC1(C(=O)NC2CCCCC2)Cn2c(cc3sc(CCF)cc32)C(=O)N1c1ccc(Cl)cc1. The highest BCUT2D eigenvalue weighted by Crippen LogP contribution is 2.39. The van der Waals surface area contributed by atoms with Gasteiger partial charge >= 0.3 is 0 Å². The number of nitrogens with one attached hydrogen (secondary N) is 1. The van der Waals surface area contributed by atoms with E-state index in [-0.39, 0.29) is 17.9 Å². The van der Waals surface area contributed by atoms with Crippen molar-refractivity contribution in [2.75, 3.05) is 11.6 Å². The predicted octanol–water partition coefficient (Wildman–Crippen LogP) is 5.74. The number of halogens is 2. The fourth-order valence-corrected chi connectivity index (χ4v) is 6.33. The van der Waals surface area contributed by atoms with Crippen molar-refractivity contribution >= 4 is 50.7 Å². The average molecular weight is 488 g/mol. The first-order chi connectivity index (χ1) is 15.9. The van der Waals surface area contributed by atoms with Crippen LogP contribution in [0.25, 0.3) is 10.2 Å². The van der Waals surface area contributed by atoms with Crippen molar-refractivity contribution < 1.29 is 14.0 Å². The molecule has 2 amide bonds. The number of thiophene rings is 1. The number of aryl methyl sites for hydroxylation is 1. The third-order valence-corrected chi connectivity index (χ3v) is 8.26. The second-order valence-electron chi connectivity index (χ2n) is 9.22. The van der Waals surface area contributed by atoms with Crippen molar-refractivity contribution in [3.05, 3.63) is 52.0 Å². The Labute approximate surface area is 201 Å². The zero-order valence-electron chi connectivity index (χ0n) is 18.6. The van der Waals surface area contributed by atoms with E-state index >= 15 is 0 Å². The summed E-state index contributed by atoms with van der Waals surface area (Å²) in [5.74, 6) is -0.371. The lowest BCUT2D eigenvalue weighted by Gasteiger charge is -2.44. The van der Waals surface area contributed by atoms with Crippen LogP contribution in [0.2, 0.25) is 5.02 Å². The van der Waals surface area contributed by atoms with E-state index in [2.05, 4.69) is 5.32 Å². The lowest BCUT2D eigenvalue weighted by atomic mass is 9.91. The highest BCUT2D eigenvalue weighted by Gasteiger charge is 2.49. The van der Waals surface area contributed by atoms with E-state index in [1.807, 2.05) is 23.6 Å². The largest absolute Gasteiger partial charge is 0.351 e. The molecule has 3 heterocycles. The van der Waals surface area contributed by atoms with Gasteiger partial charge in [-0.25, -0.2) is 0 Å². The fraction of sp³-hybridized carbons (Fsp3) is 0.440. The van der Waals surface area contributed by atoms with Gasteiger partial charge in [0.1, 0.15) is 11.2 Å². The molecule has 5 nitrogen and oxygen atoms in total. The van der Waals surface area contributed by atoms with E-state index in [1.165, 1.54) is 17.8 Å². The quantitative estimate of drug-likeness (QED) is 0.499. The van der Waals surface area contributed by atoms with E-state index in [0.29, 0.717) is 29.4 Å². The third-order valence-electron chi connectivity index (χ3n) is 6.88. The van der Waals surface area contributed by atoms with Crippen LogP contribution in [0.5, 0.6) is 0 Å². The summed E-state index contributed by atoms with van der Waals surface area (Å²) in [7, 11) is 0. The molecule has 1 fully saturated rings. The van der Waals surface area contributed by atoms with Gasteiger partial charge in [-0.2, -0.15) is 0 Å². The molecule has 1 N–H and O–H groups in total. The number of amides is 2. The molecule has 5 rings (SSSR count). The van der Waals surface area contributed by atoms with Crippen molar-refractivity contribution in [3.63, 3.8) is 0 Å². The Bertz CT molecular complexity index is 1200. The lowest BCUT2D eigenvalue weighted by molar-refractivity contribution is -0.127. The van der Waals surface area contributed by atoms with Crippen LogP contribution in [0.15, 0.2) is 36.4 Å². The second kappa shape index (κ2) is 8.76. The zero-order valence-corrected chi connectivity index (χ0v) is 20.1. The monoisotopic (exact) mass is 487 g/mol. The zero-order chi connectivity index (χ0) is 23.2. The van der Waals surface area contributed by atoms with Gasteiger partial charge in [-0.1, -0.05) is 30.9 Å². The molecule has 1 aromatic carbocycles. The van der Waals surface area contributed by atoms with Crippen LogP contribution in [0.3, 0.4) is 0 Å². The third kappa shape index (κ3) is 3.95. The van der Waals surface area contributed by atoms with Gasteiger partial charge < -0.3 is 9.88 Å². The van der Waals surface area contributed by atoms with Gasteiger partial charge in [0.2, 0.25) is 5.91 Å². The molecule has 1 unspecified atom stereocenters. The number of carbonyl (C=O) groups is 2. The van der Waals surface area contributed by atoms with Crippen LogP contribution in [-0.4, -0.2) is 34.6 Å². The standard InChI is InChI=1S/C25H27ClFN3O2S/c1-25(24(32)28-17-5-3-2-4-6-17)15-29-20-13-19(11-12-27)33-22(20)14-21(29)23(31)30(25)18-9-7-16(26)8-10-18/h7-10,13-14,17H,2-6,11-12,15H2,1H3,(H,28,32). The summed E-state index contributed by atoms with van der Waals surface area (Å²) in [6.07, 6.45) is 5.70. The summed E-state index contributed by atoms with van der Waals surface area (Å²) < 4.78 is 15.8. The smallest absolute Gasteiger partial charge is 0.275 e. The van der Waals surface area contributed by atoms with Crippen LogP contribution >= 0.6 is 22.9 Å². The number of aromatic nitrogens is 1. The topological polar surface area (TPSA) is 54.3 Å². The fourth-order valence-electron chi connectivity index (χ4n) is 5.13. The molecule has 8 heteroatoms. The van der Waals surface area contributed by atoms with Gasteiger partial charge in [-0.15, -0.1) is 11.3 Å². The van der Waals surface area contributed by atoms with Crippen LogP contribution in [0.1, 0.15) is 54.4 Å². The van der Waals surface area contributed by atoms with Gasteiger partial charge in [-0.05, 0) is 56.2 Å². The van der Waals surface area contributed by atoms with E-state index in [1.54, 1.807) is 29.2 Å². The molecule has 2 aromatic heterocycles. The minimum Gasteiger partial charge on any atom is -0.351 e. The lowest BCUT2D eigenvalue weighted by Crippen LogP contribution is -2.65. The van der Waals surface area contributed by atoms with Gasteiger partial charge in [-0.3, -0.25) is 18.9 Å². The number of hydrogen-bond acceptors (Lipinski definition) is 3. The molecular formula is C25H27ClFN3O2S. The van der Waals surface area contributed by atoms with Crippen LogP contribution in [0, 0.1) is 0 Å². The number of hydrogen-bond donors (Lipinski definition) is 1.